The Hall–Kier alpha value is -3.89. The molecule has 1 atom stereocenters. The predicted octanol–water partition coefficient (Wildman–Crippen LogP) is 2.75. The summed E-state index contributed by atoms with van der Waals surface area (Å²) in [5, 5.41) is 2.36. The number of halogens is 3. The van der Waals surface area contributed by atoms with Crippen molar-refractivity contribution in [2.75, 3.05) is 11.9 Å². The van der Waals surface area contributed by atoms with Gasteiger partial charge in [-0.15, -0.1) is 13.2 Å². The Kier molecular flexibility index (Phi) is 5.95. The highest BCUT2D eigenvalue weighted by Gasteiger charge is 2.37. The van der Waals surface area contributed by atoms with Crippen LogP contribution in [0.4, 0.5) is 18.9 Å². The monoisotopic (exact) mass is 436 g/mol. The summed E-state index contributed by atoms with van der Waals surface area (Å²) in [6.07, 6.45) is -6.14. The molecule has 8 nitrogen and oxygen atoms in total. The summed E-state index contributed by atoms with van der Waals surface area (Å²) in [4.78, 5) is 49.5. The van der Waals surface area contributed by atoms with Crippen LogP contribution >= 0.6 is 0 Å². The third-order valence-electron chi connectivity index (χ3n) is 4.20. The fourth-order valence-electron chi connectivity index (χ4n) is 2.78. The van der Waals surface area contributed by atoms with Crippen LogP contribution in [0, 0.1) is 0 Å². The lowest BCUT2D eigenvalue weighted by molar-refractivity contribution is -0.274. The van der Waals surface area contributed by atoms with Crippen molar-refractivity contribution >= 4 is 29.4 Å². The molecule has 3 amide bonds. The molecule has 11 heteroatoms. The molecule has 0 fully saturated rings. The molecule has 1 aliphatic rings. The zero-order valence-electron chi connectivity index (χ0n) is 15.9. The number of ether oxygens (including phenoxy) is 2. The molecule has 0 saturated carbocycles. The van der Waals surface area contributed by atoms with Crippen LogP contribution in [0.3, 0.4) is 0 Å². The predicted molar refractivity (Wildman–Crippen MR) is 99.1 cm³/mol. The third-order valence-corrected chi connectivity index (χ3v) is 4.20. The lowest BCUT2D eigenvalue weighted by Gasteiger charge is -2.17. The Balaban J connectivity index is 1.53. The summed E-state index contributed by atoms with van der Waals surface area (Å²) in [7, 11) is 0. The van der Waals surface area contributed by atoms with Gasteiger partial charge in [-0.1, -0.05) is 12.1 Å². The topological polar surface area (TPSA) is 102 Å². The van der Waals surface area contributed by atoms with E-state index in [0.717, 1.165) is 17.0 Å². The number of amides is 3. The number of carbonyl (C=O) groups is 4. The average molecular weight is 436 g/mol. The van der Waals surface area contributed by atoms with Crippen molar-refractivity contribution in [2.24, 2.45) is 0 Å². The molecule has 0 aliphatic carbocycles. The summed E-state index contributed by atoms with van der Waals surface area (Å²) in [5.74, 6) is -3.50. The van der Waals surface area contributed by atoms with Gasteiger partial charge < -0.3 is 14.8 Å². The maximum Gasteiger partial charge on any atom is 0.573 e. The minimum Gasteiger partial charge on any atom is -0.451 e. The third kappa shape index (κ3) is 5.18. The van der Waals surface area contributed by atoms with E-state index in [9.17, 15) is 32.3 Å². The first-order valence-corrected chi connectivity index (χ1v) is 8.86. The molecule has 0 saturated heterocycles. The van der Waals surface area contributed by atoms with Crippen LogP contribution in [0.25, 0.3) is 0 Å². The van der Waals surface area contributed by atoms with Gasteiger partial charge in [-0.05, 0) is 43.3 Å². The lowest BCUT2D eigenvalue weighted by Crippen LogP contribution is -2.38. The zero-order chi connectivity index (χ0) is 22.8. The van der Waals surface area contributed by atoms with Gasteiger partial charge in [-0.3, -0.25) is 24.1 Å². The number of hydrogen-bond donors (Lipinski definition) is 1. The summed E-state index contributed by atoms with van der Waals surface area (Å²) in [6.45, 7) is 0.587. The lowest BCUT2D eigenvalue weighted by atomic mass is 10.1. The Bertz CT molecular complexity index is 1000. The SMILES string of the molecule is CC(OC(=O)CN1C(=O)c2ccccc2C1=O)C(=O)Nc1ccc(OC(F)(F)F)cc1. The van der Waals surface area contributed by atoms with Crippen LogP contribution in [0.2, 0.25) is 0 Å². The molecule has 0 aromatic heterocycles. The molecule has 2 aromatic carbocycles. The smallest absolute Gasteiger partial charge is 0.451 e. The first kappa shape index (κ1) is 21.8. The van der Waals surface area contributed by atoms with Gasteiger partial charge in [0, 0.05) is 5.69 Å². The Morgan fingerprint density at radius 2 is 1.55 bits per heavy atom. The quantitative estimate of drug-likeness (QED) is 0.552. The highest BCUT2D eigenvalue weighted by Crippen LogP contribution is 2.24. The Labute approximate surface area is 173 Å². The van der Waals surface area contributed by atoms with E-state index < -0.39 is 48.5 Å². The number of anilines is 1. The van der Waals surface area contributed by atoms with Gasteiger partial charge in [-0.25, -0.2) is 0 Å². The first-order chi connectivity index (χ1) is 14.5. The van der Waals surface area contributed by atoms with E-state index >= 15 is 0 Å². The number of benzene rings is 2. The van der Waals surface area contributed by atoms with Crippen molar-refractivity contribution in [3.63, 3.8) is 0 Å². The molecule has 1 unspecified atom stereocenters. The molecule has 0 radical (unpaired) electrons. The largest absolute Gasteiger partial charge is 0.573 e. The molecule has 1 N–H and O–H groups in total. The van der Waals surface area contributed by atoms with Gasteiger partial charge in [0.15, 0.2) is 6.10 Å². The Morgan fingerprint density at radius 1 is 1.00 bits per heavy atom. The van der Waals surface area contributed by atoms with Gasteiger partial charge in [0.2, 0.25) is 0 Å². The van der Waals surface area contributed by atoms with Crippen molar-refractivity contribution in [2.45, 2.75) is 19.4 Å². The molecule has 2 aromatic rings. The molecule has 0 bridgehead atoms. The van der Waals surface area contributed by atoms with Crippen LogP contribution < -0.4 is 10.1 Å². The number of nitrogens with one attached hydrogen (secondary N) is 1. The average Bonchev–Trinajstić information content (AvgIpc) is 2.93. The number of rotatable bonds is 6. The molecule has 162 valence electrons. The number of fused-ring (bicyclic) bond motifs is 1. The number of imide groups is 1. The molecule has 0 spiro atoms. The molecule has 3 rings (SSSR count). The highest BCUT2D eigenvalue weighted by molar-refractivity contribution is 6.22. The van der Waals surface area contributed by atoms with Gasteiger partial charge in [0.25, 0.3) is 17.7 Å². The van der Waals surface area contributed by atoms with E-state index in [0.29, 0.717) is 0 Å². The van der Waals surface area contributed by atoms with Gasteiger partial charge in [-0.2, -0.15) is 0 Å². The molecular formula is C20H15F3N2O6. The molecule has 1 aliphatic heterocycles. The van der Waals surface area contributed by atoms with Gasteiger partial charge in [0.05, 0.1) is 11.1 Å². The van der Waals surface area contributed by atoms with E-state index in [2.05, 4.69) is 10.1 Å². The summed E-state index contributed by atoms with van der Waals surface area (Å²) < 4.78 is 45.2. The molecular weight excluding hydrogens is 421 g/mol. The van der Waals surface area contributed by atoms with Crippen molar-refractivity contribution in [3.05, 3.63) is 59.7 Å². The Morgan fingerprint density at radius 3 is 2.06 bits per heavy atom. The van der Waals surface area contributed by atoms with E-state index in [4.69, 9.17) is 4.74 Å². The second-order valence-electron chi connectivity index (χ2n) is 6.44. The number of hydrogen-bond acceptors (Lipinski definition) is 6. The van der Waals surface area contributed by atoms with Crippen LogP contribution in [-0.4, -0.2) is 47.6 Å². The second-order valence-corrected chi connectivity index (χ2v) is 6.44. The number of esters is 1. The van der Waals surface area contributed by atoms with E-state index in [1.54, 1.807) is 12.1 Å². The second kappa shape index (κ2) is 8.46. The molecule has 31 heavy (non-hydrogen) atoms. The van der Waals surface area contributed by atoms with Crippen LogP contribution in [-0.2, 0) is 14.3 Å². The zero-order valence-corrected chi connectivity index (χ0v) is 15.9. The maximum atomic E-state index is 12.3. The maximum absolute atomic E-state index is 12.3. The summed E-state index contributed by atoms with van der Waals surface area (Å²) in [5.41, 5.74) is 0.482. The van der Waals surface area contributed by atoms with Crippen molar-refractivity contribution in [1.82, 2.24) is 4.90 Å². The standard InChI is InChI=1S/C20H15F3N2O6/c1-11(17(27)24-12-6-8-13(9-7-12)31-20(21,22)23)30-16(26)10-25-18(28)14-4-2-3-5-15(14)19(25)29/h2-9,11H,10H2,1H3,(H,24,27). The minimum atomic E-state index is -4.84. The molecule has 1 heterocycles. The summed E-state index contributed by atoms with van der Waals surface area (Å²) >= 11 is 0. The van der Waals surface area contributed by atoms with Gasteiger partial charge in [0.1, 0.15) is 12.3 Å². The summed E-state index contributed by atoms with van der Waals surface area (Å²) in [6, 6.07) is 10.4. The van der Waals surface area contributed by atoms with Crippen LogP contribution in [0.1, 0.15) is 27.6 Å². The van der Waals surface area contributed by atoms with Crippen molar-refractivity contribution in [1.29, 1.82) is 0 Å². The number of carbonyl (C=O) groups excluding carboxylic acids is 4. The van der Waals surface area contributed by atoms with E-state index in [1.165, 1.54) is 31.2 Å². The normalized spacial score (nSPS) is 14.1. The fourth-order valence-corrected chi connectivity index (χ4v) is 2.78. The fraction of sp³-hybridized carbons (Fsp3) is 0.200. The van der Waals surface area contributed by atoms with Gasteiger partial charge >= 0.3 is 12.3 Å². The van der Waals surface area contributed by atoms with Crippen LogP contribution in [0.15, 0.2) is 48.5 Å². The minimum absolute atomic E-state index is 0.141. The van der Waals surface area contributed by atoms with Crippen molar-refractivity contribution in [3.8, 4) is 5.75 Å². The highest BCUT2D eigenvalue weighted by atomic mass is 19.4. The van der Waals surface area contributed by atoms with E-state index in [-0.39, 0.29) is 16.8 Å². The first-order valence-electron chi connectivity index (χ1n) is 8.86. The number of nitrogens with zero attached hydrogens (tertiary/aromatic N) is 1. The van der Waals surface area contributed by atoms with E-state index in [1.807, 2.05) is 0 Å². The number of alkyl halides is 3. The van der Waals surface area contributed by atoms with Crippen LogP contribution in [0.5, 0.6) is 5.75 Å². The van der Waals surface area contributed by atoms with Crippen molar-refractivity contribution < 1.29 is 41.8 Å².